The van der Waals surface area contributed by atoms with E-state index in [9.17, 15) is 8.42 Å². The summed E-state index contributed by atoms with van der Waals surface area (Å²) in [6.07, 6.45) is 0. The lowest BCUT2D eigenvalue weighted by atomic mass is 10.2. The summed E-state index contributed by atoms with van der Waals surface area (Å²) in [5.41, 5.74) is 1.88. The zero-order valence-corrected chi connectivity index (χ0v) is 18.8. The molecule has 2 aliphatic heterocycles. The number of aryl methyl sites for hydroxylation is 2. The number of nitrogens with zero attached hydrogens (tertiary/aromatic N) is 6. The average molecular weight is 431 g/mol. The van der Waals surface area contributed by atoms with Crippen LogP contribution in [0.1, 0.15) is 11.3 Å². The number of sulfonamides is 1. The first-order valence-electron chi connectivity index (χ1n) is 10.4. The second-order valence-corrected chi connectivity index (χ2v) is 10.1. The van der Waals surface area contributed by atoms with Crippen LogP contribution in [0, 0.1) is 13.8 Å². The van der Waals surface area contributed by atoms with Gasteiger partial charge in [-0.15, -0.1) is 0 Å². The highest BCUT2D eigenvalue weighted by Crippen LogP contribution is 2.22. The van der Waals surface area contributed by atoms with Crippen LogP contribution >= 0.6 is 0 Å². The third-order valence-corrected chi connectivity index (χ3v) is 7.70. The number of likely N-dealkylation sites (N-methyl/N-ethyl adjacent to an activating group) is 1. The third kappa shape index (κ3) is 4.43. The Hall–Kier alpha value is -2.23. The molecule has 0 bridgehead atoms. The molecule has 2 aromatic rings. The number of anilines is 2. The van der Waals surface area contributed by atoms with Crippen LogP contribution in [0.3, 0.4) is 0 Å². The molecule has 9 heteroatoms. The summed E-state index contributed by atoms with van der Waals surface area (Å²) in [5, 5.41) is 0. The van der Waals surface area contributed by atoms with Gasteiger partial charge in [0.1, 0.15) is 5.82 Å². The molecule has 1 aromatic heterocycles. The summed E-state index contributed by atoms with van der Waals surface area (Å²) in [5.74, 6) is 1.65. The Labute approximate surface area is 179 Å². The van der Waals surface area contributed by atoms with Gasteiger partial charge >= 0.3 is 0 Å². The van der Waals surface area contributed by atoms with Gasteiger partial charge in [0.25, 0.3) is 0 Å². The van der Waals surface area contributed by atoms with E-state index in [-0.39, 0.29) is 0 Å². The van der Waals surface area contributed by atoms with Gasteiger partial charge in [-0.2, -0.15) is 9.29 Å². The van der Waals surface area contributed by atoms with Crippen molar-refractivity contribution in [3.05, 3.63) is 41.6 Å². The summed E-state index contributed by atoms with van der Waals surface area (Å²) >= 11 is 0. The number of piperazine rings is 2. The fourth-order valence-electron chi connectivity index (χ4n) is 3.93. The number of rotatable bonds is 4. The normalized spacial score (nSPS) is 19.3. The van der Waals surface area contributed by atoms with Crippen molar-refractivity contribution in [3.8, 4) is 0 Å². The van der Waals surface area contributed by atoms with Crippen LogP contribution in [0.2, 0.25) is 0 Å². The van der Waals surface area contributed by atoms with Crippen LogP contribution in [0.15, 0.2) is 35.2 Å². The van der Waals surface area contributed by atoms with Crippen LogP contribution in [-0.4, -0.2) is 87.0 Å². The molecule has 0 unspecified atom stereocenters. The summed E-state index contributed by atoms with van der Waals surface area (Å²) in [6.45, 7) is 9.86. The SMILES string of the molecule is Cc1cccc(S(=O)(=O)N2CCN(c3nc(C)cc(N4CCN(C)CC4)n3)CC2)c1. The summed E-state index contributed by atoms with van der Waals surface area (Å²) < 4.78 is 27.5. The first kappa shape index (κ1) is 21.0. The van der Waals surface area contributed by atoms with Crippen LogP contribution in [0.4, 0.5) is 11.8 Å². The van der Waals surface area contributed by atoms with Gasteiger partial charge in [0.15, 0.2) is 0 Å². The molecule has 2 saturated heterocycles. The maximum atomic E-state index is 13.0. The highest BCUT2D eigenvalue weighted by atomic mass is 32.2. The molecule has 8 nitrogen and oxygen atoms in total. The van der Waals surface area contributed by atoms with Crippen molar-refractivity contribution in [2.45, 2.75) is 18.7 Å². The van der Waals surface area contributed by atoms with E-state index in [2.05, 4.69) is 26.7 Å². The Bertz CT molecular complexity index is 996. The monoisotopic (exact) mass is 430 g/mol. The lowest BCUT2D eigenvalue weighted by Crippen LogP contribution is -2.49. The van der Waals surface area contributed by atoms with E-state index in [1.54, 1.807) is 22.5 Å². The van der Waals surface area contributed by atoms with E-state index in [1.807, 2.05) is 26.0 Å². The highest BCUT2D eigenvalue weighted by Gasteiger charge is 2.29. The van der Waals surface area contributed by atoms with E-state index >= 15 is 0 Å². The van der Waals surface area contributed by atoms with Crippen molar-refractivity contribution in [2.24, 2.45) is 0 Å². The number of hydrogen-bond donors (Lipinski definition) is 0. The molecule has 3 heterocycles. The summed E-state index contributed by atoms with van der Waals surface area (Å²) in [6, 6.07) is 9.13. The quantitative estimate of drug-likeness (QED) is 0.725. The molecular weight excluding hydrogens is 400 g/mol. The van der Waals surface area contributed by atoms with Gasteiger partial charge in [0, 0.05) is 64.1 Å². The Morgan fingerprint density at radius 2 is 1.50 bits per heavy atom. The van der Waals surface area contributed by atoms with Crippen LogP contribution in [0.5, 0.6) is 0 Å². The standard InChI is InChI=1S/C21H30N6O2S/c1-17-5-4-6-19(15-17)30(28,29)27-13-11-26(12-14-27)21-22-18(2)16-20(23-21)25-9-7-24(3)8-10-25/h4-6,15-16H,7-14H2,1-3H3. The van der Waals surface area contributed by atoms with E-state index in [0.29, 0.717) is 37.0 Å². The molecule has 0 radical (unpaired) electrons. The second-order valence-electron chi connectivity index (χ2n) is 8.17. The van der Waals surface area contributed by atoms with Gasteiger partial charge in [-0.3, -0.25) is 0 Å². The smallest absolute Gasteiger partial charge is 0.243 e. The van der Waals surface area contributed by atoms with Crippen LogP contribution < -0.4 is 9.80 Å². The van der Waals surface area contributed by atoms with Crippen molar-refractivity contribution < 1.29 is 8.42 Å². The van der Waals surface area contributed by atoms with Gasteiger partial charge in [-0.05, 0) is 38.6 Å². The zero-order chi connectivity index (χ0) is 21.3. The van der Waals surface area contributed by atoms with Crippen molar-refractivity contribution in [1.29, 1.82) is 0 Å². The number of aromatic nitrogens is 2. The molecule has 162 valence electrons. The molecule has 2 aliphatic rings. The molecule has 0 aliphatic carbocycles. The van der Waals surface area contributed by atoms with E-state index in [4.69, 9.17) is 4.98 Å². The van der Waals surface area contributed by atoms with Crippen LogP contribution in [0.25, 0.3) is 0 Å². The molecule has 30 heavy (non-hydrogen) atoms. The largest absolute Gasteiger partial charge is 0.354 e. The maximum absolute atomic E-state index is 13.0. The minimum atomic E-state index is -3.48. The molecule has 0 atom stereocenters. The van der Waals surface area contributed by atoms with E-state index < -0.39 is 10.0 Å². The van der Waals surface area contributed by atoms with Gasteiger partial charge in [0.05, 0.1) is 4.90 Å². The van der Waals surface area contributed by atoms with Crippen molar-refractivity contribution in [2.75, 3.05) is 69.2 Å². The fraction of sp³-hybridized carbons (Fsp3) is 0.524. The molecule has 0 spiro atoms. The first-order valence-corrected chi connectivity index (χ1v) is 11.9. The molecule has 0 saturated carbocycles. The van der Waals surface area contributed by atoms with Gasteiger partial charge in [-0.1, -0.05) is 12.1 Å². The molecule has 0 N–H and O–H groups in total. The topological polar surface area (TPSA) is 72.9 Å². The predicted octanol–water partition coefficient (Wildman–Crippen LogP) is 1.36. The molecular formula is C21H30N6O2S. The minimum Gasteiger partial charge on any atom is -0.354 e. The fourth-order valence-corrected chi connectivity index (χ4v) is 5.46. The molecule has 0 amide bonds. The zero-order valence-electron chi connectivity index (χ0n) is 18.0. The maximum Gasteiger partial charge on any atom is 0.243 e. The average Bonchev–Trinajstić information content (AvgIpc) is 2.74. The van der Waals surface area contributed by atoms with Crippen molar-refractivity contribution in [1.82, 2.24) is 19.2 Å². The molecule has 2 fully saturated rings. The first-order chi connectivity index (χ1) is 14.3. The van der Waals surface area contributed by atoms with Gasteiger partial charge in [0.2, 0.25) is 16.0 Å². The van der Waals surface area contributed by atoms with E-state index in [0.717, 1.165) is 43.3 Å². The number of benzene rings is 1. The number of hydrogen-bond acceptors (Lipinski definition) is 7. The minimum absolute atomic E-state index is 0.361. The second kappa shape index (κ2) is 8.49. The van der Waals surface area contributed by atoms with Gasteiger partial charge in [-0.25, -0.2) is 13.4 Å². The Kier molecular flexibility index (Phi) is 5.95. The van der Waals surface area contributed by atoms with Crippen molar-refractivity contribution >= 4 is 21.8 Å². The third-order valence-electron chi connectivity index (χ3n) is 5.80. The molecule has 1 aromatic carbocycles. The lowest BCUT2D eigenvalue weighted by Gasteiger charge is -2.36. The summed E-state index contributed by atoms with van der Waals surface area (Å²) in [7, 11) is -1.34. The van der Waals surface area contributed by atoms with E-state index in [1.165, 1.54) is 0 Å². The van der Waals surface area contributed by atoms with Crippen LogP contribution in [-0.2, 0) is 10.0 Å². The molecule has 4 rings (SSSR count). The Morgan fingerprint density at radius 1 is 0.833 bits per heavy atom. The van der Waals surface area contributed by atoms with Gasteiger partial charge < -0.3 is 14.7 Å². The Morgan fingerprint density at radius 3 is 2.17 bits per heavy atom. The lowest BCUT2D eigenvalue weighted by molar-refractivity contribution is 0.312. The van der Waals surface area contributed by atoms with Crippen molar-refractivity contribution in [3.63, 3.8) is 0 Å². The highest BCUT2D eigenvalue weighted by molar-refractivity contribution is 7.89. The summed E-state index contributed by atoms with van der Waals surface area (Å²) in [4.78, 5) is 16.5. The Balaban J connectivity index is 1.46. The predicted molar refractivity (Wildman–Crippen MR) is 119 cm³/mol.